The highest BCUT2D eigenvalue weighted by Gasteiger charge is 2.01. The van der Waals surface area contributed by atoms with Gasteiger partial charge in [-0.1, -0.05) is 12.1 Å². The summed E-state index contributed by atoms with van der Waals surface area (Å²) in [5, 5.41) is 2.92. The predicted octanol–water partition coefficient (Wildman–Crippen LogP) is 2.93. The van der Waals surface area contributed by atoms with Gasteiger partial charge in [0.2, 0.25) is 0 Å². The van der Waals surface area contributed by atoms with Crippen molar-refractivity contribution in [3.63, 3.8) is 0 Å². The van der Waals surface area contributed by atoms with Gasteiger partial charge in [0.1, 0.15) is 5.01 Å². The van der Waals surface area contributed by atoms with Crippen LogP contribution in [0.25, 0.3) is 10.7 Å². The Hall–Kier alpha value is -1.48. The van der Waals surface area contributed by atoms with Crippen molar-refractivity contribution in [3.8, 4) is 10.7 Å². The van der Waals surface area contributed by atoms with Crippen molar-refractivity contribution in [3.05, 3.63) is 48.1 Å². The fraction of sp³-hybridized carbons (Fsp3) is 0.0909. The summed E-state index contributed by atoms with van der Waals surface area (Å²) in [5.74, 6) is 0. The van der Waals surface area contributed by atoms with E-state index in [2.05, 4.69) is 16.5 Å². The zero-order chi connectivity index (χ0) is 9.80. The summed E-state index contributed by atoms with van der Waals surface area (Å²) in [6.45, 7) is 3.70. The molecular formula is C11H10N2S. The predicted molar refractivity (Wildman–Crippen MR) is 59.2 cm³/mol. The summed E-state index contributed by atoms with van der Waals surface area (Å²) < 4.78 is 0. The third-order valence-corrected chi connectivity index (χ3v) is 2.61. The van der Waals surface area contributed by atoms with Crippen molar-refractivity contribution in [2.75, 3.05) is 0 Å². The molecule has 0 saturated carbocycles. The van der Waals surface area contributed by atoms with Gasteiger partial charge in [0, 0.05) is 23.7 Å². The fourth-order valence-electron chi connectivity index (χ4n) is 1.21. The monoisotopic (exact) mass is 202 g/mol. The van der Waals surface area contributed by atoms with E-state index in [-0.39, 0.29) is 0 Å². The minimum Gasteiger partial charge on any atom is -0.250 e. The van der Waals surface area contributed by atoms with Crippen molar-refractivity contribution < 1.29 is 0 Å². The molecule has 0 bridgehead atoms. The average Bonchev–Trinajstić information content (AvgIpc) is 2.71. The summed E-state index contributed by atoms with van der Waals surface area (Å²) in [4.78, 5) is 8.70. The van der Waals surface area contributed by atoms with Crippen molar-refractivity contribution in [1.82, 2.24) is 9.97 Å². The Balaban J connectivity index is 2.35. The minimum atomic E-state index is 0.805. The molecule has 0 amide bonds. The molecule has 3 heteroatoms. The topological polar surface area (TPSA) is 25.8 Å². The molecule has 0 N–H and O–H groups in total. The van der Waals surface area contributed by atoms with E-state index in [1.807, 2.05) is 29.7 Å². The lowest BCUT2D eigenvalue weighted by atomic mass is 10.2. The standard InChI is InChI=1S/C11H10N2S/c1-2-4-9-5-3-6-10(13-9)11-12-7-8-14-11/h2-3,5-8H,1,4H2. The molecule has 0 atom stereocenters. The van der Waals surface area contributed by atoms with Gasteiger partial charge in [-0.05, 0) is 12.1 Å². The lowest BCUT2D eigenvalue weighted by Crippen LogP contribution is -1.89. The van der Waals surface area contributed by atoms with Crippen molar-refractivity contribution in [2.24, 2.45) is 0 Å². The molecule has 0 unspecified atom stereocenters. The highest BCUT2D eigenvalue weighted by molar-refractivity contribution is 7.13. The molecule has 2 nitrogen and oxygen atoms in total. The zero-order valence-corrected chi connectivity index (χ0v) is 8.50. The molecule has 2 rings (SSSR count). The molecule has 0 spiro atoms. The summed E-state index contributed by atoms with van der Waals surface area (Å²) in [7, 11) is 0. The lowest BCUT2D eigenvalue weighted by Gasteiger charge is -1.98. The van der Waals surface area contributed by atoms with Gasteiger partial charge in [-0.15, -0.1) is 17.9 Å². The second-order valence-corrected chi connectivity index (χ2v) is 3.74. The van der Waals surface area contributed by atoms with Crippen molar-refractivity contribution >= 4 is 11.3 Å². The van der Waals surface area contributed by atoms with Crippen LogP contribution in [-0.2, 0) is 6.42 Å². The Morgan fingerprint density at radius 1 is 1.43 bits per heavy atom. The van der Waals surface area contributed by atoms with Gasteiger partial charge in [0.15, 0.2) is 0 Å². The molecule has 0 saturated heterocycles. The van der Waals surface area contributed by atoms with Crippen LogP contribution in [0.15, 0.2) is 42.4 Å². The molecule has 2 aromatic rings. The van der Waals surface area contributed by atoms with E-state index in [9.17, 15) is 0 Å². The van der Waals surface area contributed by atoms with E-state index in [1.165, 1.54) is 0 Å². The van der Waals surface area contributed by atoms with Gasteiger partial charge >= 0.3 is 0 Å². The number of aromatic nitrogens is 2. The molecule has 2 aromatic heterocycles. The highest BCUT2D eigenvalue weighted by Crippen LogP contribution is 2.19. The third-order valence-electron chi connectivity index (χ3n) is 1.81. The minimum absolute atomic E-state index is 0.805. The van der Waals surface area contributed by atoms with Gasteiger partial charge < -0.3 is 0 Å². The molecular weight excluding hydrogens is 192 g/mol. The number of pyridine rings is 1. The average molecular weight is 202 g/mol. The maximum absolute atomic E-state index is 4.48. The van der Waals surface area contributed by atoms with Crippen LogP contribution in [0.5, 0.6) is 0 Å². The zero-order valence-electron chi connectivity index (χ0n) is 7.68. The Kier molecular flexibility index (Phi) is 2.70. The maximum Gasteiger partial charge on any atom is 0.141 e. The van der Waals surface area contributed by atoms with Crippen LogP contribution in [0, 0.1) is 0 Å². The number of hydrogen-bond acceptors (Lipinski definition) is 3. The van der Waals surface area contributed by atoms with Crippen molar-refractivity contribution in [1.29, 1.82) is 0 Å². The molecule has 0 aliphatic rings. The van der Waals surface area contributed by atoms with E-state index in [1.54, 1.807) is 17.5 Å². The maximum atomic E-state index is 4.48. The van der Waals surface area contributed by atoms with Crippen LogP contribution < -0.4 is 0 Å². The molecule has 0 aliphatic heterocycles. The molecule has 70 valence electrons. The molecule has 14 heavy (non-hydrogen) atoms. The summed E-state index contributed by atoms with van der Waals surface area (Å²) >= 11 is 1.60. The smallest absolute Gasteiger partial charge is 0.141 e. The first-order chi connectivity index (χ1) is 6.90. The first-order valence-electron chi connectivity index (χ1n) is 4.37. The van der Waals surface area contributed by atoms with E-state index in [0.717, 1.165) is 22.8 Å². The van der Waals surface area contributed by atoms with Crippen LogP contribution in [-0.4, -0.2) is 9.97 Å². The number of allylic oxidation sites excluding steroid dienone is 1. The summed E-state index contributed by atoms with van der Waals surface area (Å²) in [6.07, 6.45) is 4.45. The summed E-state index contributed by atoms with van der Waals surface area (Å²) in [6, 6.07) is 5.98. The third kappa shape index (κ3) is 1.88. The van der Waals surface area contributed by atoms with Gasteiger partial charge in [-0.3, -0.25) is 0 Å². The van der Waals surface area contributed by atoms with Crippen LogP contribution >= 0.6 is 11.3 Å². The number of rotatable bonds is 3. The van der Waals surface area contributed by atoms with E-state index < -0.39 is 0 Å². The number of nitrogens with zero attached hydrogens (tertiary/aromatic N) is 2. The Labute approximate surface area is 87.0 Å². The quantitative estimate of drug-likeness (QED) is 0.715. The van der Waals surface area contributed by atoms with Crippen LogP contribution in [0.3, 0.4) is 0 Å². The van der Waals surface area contributed by atoms with Crippen molar-refractivity contribution in [2.45, 2.75) is 6.42 Å². The van der Waals surface area contributed by atoms with E-state index in [4.69, 9.17) is 0 Å². The highest BCUT2D eigenvalue weighted by atomic mass is 32.1. The normalized spacial score (nSPS) is 10.0. The SMILES string of the molecule is C=CCc1cccc(-c2nccs2)n1. The fourth-order valence-corrected chi connectivity index (χ4v) is 1.82. The largest absolute Gasteiger partial charge is 0.250 e. The van der Waals surface area contributed by atoms with E-state index in [0.29, 0.717) is 0 Å². The van der Waals surface area contributed by atoms with Crippen LogP contribution in [0.4, 0.5) is 0 Å². The van der Waals surface area contributed by atoms with Crippen LogP contribution in [0.2, 0.25) is 0 Å². The summed E-state index contributed by atoms with van der Waals surface area (Å²) in [5.41, 5.74) is 1.98. The second-order valence-electron chi connectivity index (χ2n) is 2.84. The number of thiazole rings is 1. The van der Waals surface area contributed by atoms with Gasteiger partial charge in [-0.25, -0.2) is 9.97 Å². The molecule has 0 aliphatic carbocycles. The molecule has 2 heterocycles. The number of hydrogen-bond donors (Lipinski definition) is 0. The Morgan fingerprint density at radius 3 is 3.07 bits per heavy atom. The Morgan fingerprint density at radius 2 is 2.36 bits per heavy atom. The van der Waals surface area contributed by atoms with Gasteiger partial charge in [-0.2, -0.15) is 0 Å². The van der Waals surface area contributed by atoms with E-state index >= 15 is 0 Å². The van der Waals surface area contributed by atoms with Gasteiger partial charge in [0.05, 0.1) is 5.69 Å². The Bertz CT molecular complexity index is 421. The molecule has 0 fully saturated rings. The first kappa shape index (κ1) is 9.09. The lowest BCUT2D eigenvalue weighted by molar-refractivity contribution is 1.11. The molecule has 0 aromatic carbocycles. The second kappa shape index (κ2) is 4.15. The molecule has 0 radical (unpaired) electrons. The first-order valence-corrected chi connectivity index (χ1v) is 5.25. The van der Waals surface area contributed by atoms with Gasteiger partial charge in [0.25, 0.3) is 0 Å². The van der Waals surface area contributed by atoms with Crippen LogP contribution in [0.1, 0.15) is 5.69 Å².